The summed E-state index contributed by atoms with van der Waals surface area (Å²) < 4.78 is 13.1. The van der Waals surface area contributed by atoms with Gasteiger partial charge in [-0.15, -0.1) is 0 Å². The fourth-order valence-corrected chi connectivity index (χ4v) is 3.77. The Morgan fingerprint density at radius 3 is 2.57 bits per heavy atom. The van der Waals surface area contributed by atoms with Crippen LogP contribution in [-0.2, 0) is 11.3 Å². The van der Waals surface area contributed by atoms with E-state index in [2.05, 4.69) is 11.8 Å². The minimum Gasteiger partial charge on any atom is -0.334 e. The van der Waals surface area contributed by atoms with Gasteiger partial charge in [0.1, 0.15) is 10.8 Å². The molecule has 0 bridgehead atoms. The molecule has 2 aromatic carbocycles. The lowest BCUT2D eigenvalue weighted by atomic mass is 10.1. The quantitative estimate of drug-likeness (QED) is 0.396. The van der Waals surface area contributed by atoms with E-state index in [1.807, 2.05) is 6.92 Å². The molecule has 0 N–H and O–H groups in total. The predicted octanol–water partition coefficient (Wildman–Crippen LogP) is 4.52. The Hall–Kier alpha value is -2.77. The first-order chi connectivity index (χ1) is 14.2. The van der Waals surface area contributed by atoms with Gasteiger partial charge >= 0.3 is 0 Å². The van der Waals surface area contributed by atoms with Gasteiger partial charge in [0.2, 0.25) is 5.91 Å². The number of nitrogens with zero attached hydrogens (tertiary/aromatic N) is 3. The van der Waals surface area contributed by atoms with Gasteiger partial charge in [-0.25, -0.2) is 4.39 Å². The number of benzene rings is 2. The van der Waals surface area contributed by atoms with Crippen LogP contribution in [-0.4, -0.2) is 45.8 Å². The lowest BCUT2D eigenvalue weighted by molar-refractivity contribution is -0.384. The van der Waals surface area contributed by atoms with Crippen molar-refractivity contribution in [2.75, 3.05) is 13.1 Å². The molecule has 1 amide bonds. The summed E-state index contributed by atoms with van der Waals surface area (Å²) in [6.07, 6.45) is 3.00. The predicted molar refractivity (Wildman–Crippen MR) is 115 cm³/mol. The highest BCUT2D eigenvalue weighted by molar-refractivity contribution is 6.32. The molecule has 0 aromatic heterocycles. The van der Waals surface area contributed by atoms with Gasteiger partial charge in [-0.1, -0.05) is 29.8 Å². The second-order valence-corrected chi connectivity index (χ2v) is 7.95. The van der Waals surface area contributed by atoms with Crippen LogP contribution in [0.15, 0.2) is 48.5 Å². The van der Waals surface area contributed by atoms with Gasteiger partial charge in [0.15, 0.2) is 0 Å². The fraction of sp³-hybridized carbons (Fsp3) is 0.318. The molecular formula is C22H23ClFN3O3. The Morgan fingerprint density at radius 2 is 1.90 bits per heavy atom. The number of nitro groups is 1. The zero-order chi connectivity index (χ0) is 21.8. The highest BCUT2D eigenvalue weighted by Gasteiger charge is 2.31. The van der Waals surface area contributed by atoms with Crippen molar-refractivity contribution in [3.8, 4) is 0 Å². The number of amides is 1. The van der Waals surface area contributed by atoms with E-state index in [1.54, 1.807) is 29.2 Å². The second kappa shape index (κ2) is 9.36. The highest BCUT2D eigenvalue weighted by atomic mass is 35.5. The molecule has 0 spiro atoms. The van der Waals surface area contributed by atoms with Gasteiger partial charge in [0.05, 0.1) is 4.92 Å². The molecule has 1 fully saturated rings. The molecule has 2 aromatic rings. The van der Waals surface area contributed by atoms with Crippen molar-refractivity contribution in [2.45, 2.75) is 32.5 Å². The third kappa shape index (κ3) is 5.23. The normalized spacial score (nSPS) is 19.9. The monoisotopic (exact) mass is 431 g/mol. The maximum atomic E-state index is 13.1. The third-order valence-electron chi connectivity index (χ3n) is 5.28. The summed E-state index contributed by atoms with van der Waals surface area (Å²) in [5.74, 6) is -0.401. The number of halogens is 2. The van der Waals surface area contributed by atoms with Crippen molar-refractivity contribution >= 4 is 29.3 Å². The van der Waals surface area contributed by atoms with Crippen molar-refractivity contribution in [3.05, 3.63) is 80.6 Å². The van der Waals surface area contributed by atoms with Crippen LogP contribution in [0.25, 0.3) is 6.08 Å². The number of nitro benzene ring substituents is 1. The molecule has 8 heteroatoms. The van der Waals surface area contributed by atoms with Crippen molar-refractivity contribution in [3.63, 3.8) is 0 Å². The third-order valence-corrected chi connectivity index (χ3v) is 5.60. The number of rotatable bonds is 5. The Bertz CT molecular complexity index is 965. The number of piperazine rings is 1. The lowest BCUT2D eigenvalue weighted by Gasteiger charge is -2.44. The molecule has 6 nitrogen and oxygen atoms in total. The van der Waals surface area contributed by atoms with E-state index < -0.39 is 4.92 Å². The average Bonchev–Trinajstić information content (AvgIpc) is 2.71. The summed E-state index contributed by atoms with van der Waals surface area (Å²) in [5.41, 5.74) is 1.37. The van der Waals surface area contributed by atoms with E-state index in [9.17, 15) is 19.3 Å². The Balaban J connectivity index is 1.65. The maximum Gasteiger partial charge on any atom is 0.288 e. The first-order valence-corrected chi connectivity index (χ1v) is 10.0. The molecule has 158 valence electrons. The Kier molecular flexibility index (Phi) is 6.84. The zero-order valence-electron chi connectivity index (χ0n) is 16.8. The molecule has 0 radical (unpaired) electrons. The minimum absolute atomic E-state index is 0.00153. The molecule has 1 aliphatic rings. The van der Waals surface area contributed by atoms with Crippen LogP contribution in [0.4, 0.5) is 10.1 Å². The van der Waals surface area contributed by atoms with E-state index in [4.69, 9.17) is 11.6 Å². The van der Waals surface area contributed by atoms with Crippen LogP contribution in [0.3, 0.4) is 0 Å². The molecule has 0 aliphatic carbocycles. The molecule has 0 unspecified atom stereocenters. The molecule has 1 saturated heterocycles. The summed E-state index contributed by atoms with van der Waals surface area (Å²) in [7, 11) is 0. The van der Waals surface area contributed by atoms with Crippen molar-refractivity contribution < 1.29 is 14.1 Å². The van der Waals surface area contributed by atoms with Crippen LogP contribution < -0.4 is 0 Å². The second-order valence-electron chi connectivity index (χ2n) is 7.55. The van der Waals surface area contributed by atoms with Crippen molar-refractivity contribution in [1.82, 2.24) is 9.80 Å². The topological polar surface area (TPSA) is 66.7 Å². The molecule has 2 atom stereocenters. The lowest BCUT2D eigenvalue weighted by Crippen LogP contribution is -2.57. The Labute approximate surface area is 179 Å². The summed E-state index contributed by atoms with van der Waals surface area (Å²) in [5, 5.41) is 11.1. The molecular weight excluding hydrogens is 409 g/mol. The van der Waals surface area contributed by atoms with Crippen molar-refractivity contribution in [1.29, 1.82) is 0 Å². The minimum atomic E-state index is -0.550. The van der Waals surface area contributed by atoms with E-state index in [0.717, 1.165) is 5.56 Å². The largest absolute Gasteiger partial charge is 0.334 e. The van der Waals surface area contributed by atoms with E-state index in [0.29, 0.717) is 25.2 Å². The number of carbonyl (C=O) groups excluding carboxylic acids is 1. The highest BCUT2D eigenvalue weighted by Crippen LogP contribution is 2.26. The zero-order valence-corrected chi connectivity index (χ0v) is 17.6. The first-order valence-electron chi connectivity index (χ1n) is 9.65. The number of hydrogen-bond donors (Lipinski definition) is 0. The van der Waals surface area contributed by atoms with E-state index >= 15 is 0 Å². The molecule has 3 rings (SSSR count). The van der Waals surface area contributed by atoms with Gasteiger partial charge in [-0.05, 0) is 49.2 Å². The maximum absolute atomic E-state index is 13.1. The summed E-state index contributed by atoms with van der Waals surface area (Å²) in [6.45, 7) is 6.00. The number of carbonyl (C=O) groups is 1. The van der Waals surface area contributed by atoms with Crippen molar-refractivity contribution in [2.24, 2.45) is 0 Å². The summed E-state index contributed by atoms with van der Waals surface area (Å²) in [6, 6.07) is 11.0. The molecule has 1 heterocycles. The Morgan fingerprint density at radius 1 is 1.20 bits per heavy atom. The SMILES string of the molecule is C[C@@H]1CN(Cc2ccc(F)cc2)[C@@H](C)CN1C(=O)/C=C/c1ccc(Cl)c([N+](=O)[O-])c1. The number of hydrogen-bond acceptors (Lipinski definition) is 4. The van der Waals surface area contributed by atoms with Gasteiger partial charge in [0, 0.05) is 43.9 Å². The van der Waals surface area contributed by atoms with Gasteiger partial charge in [-0.3, -0.25) is 19.8 Å². The van der Waals surface area contributed by atoms with Gasteiger partial charge in [0.25, 0.3) is 5.69 Å². The van der Waals surface area contributed by atoms with E-state index in [-0.39, 0.29) is 34.5 Å². The van der Waals surface area contributed by atoms with Crippen LogP contribution in [0.2, 0.25) is 5.02 Å². The van der Waals surface area contributed by atoms with Crippen LogP contribution in [0.5, 0.6) is 0 Å². The fourth-order valence-electron chi connectivity index (χ4n) is 3.59. The summed E-state index contributed by atoms with van der Waals surface area (Å²) >= 11 is 5.83. The van der Waals surface area contributed by atoms with Gasteiger partial charge < -0.3 is 4.90 Å². The van der Waals surface area contributed by atoms with Gasteiger partial charge in [-0.2, -0.15) is 0 Å². The van der Waals surface area contributed by atoms with Crippen LogP contribution >= 0.6 is 11.6 Å². The standard InChI is InChI=1S/C22H23ClFN3O3/c1-15-13-26(16(2)12-25(15)14-18-3-7-19(24)8-4-18)22(28)10-6-17-5-9-20(23)21(11-17)27(29)30/h3-11,15-16H,12-14H2,1-2H3/b10-6+/t15-,16+/m0/s1. The average molecular weight is 432 g/mol. The van der Waals surface area contributed by atoms with E-state index in [1.165, 1.54) is 30.3 Å². The van der Waals surface area contributed by atoms with Crippen LogP contribution in [0.1, 0.15) is 25.0 Å². The smallest absolute Gasteiger partial charge is 0.288 e. The first kappa shape index (κ1) is 21.9. The molecule has 1 aliphatic heterocycles. The molecule has 30 heavy (non-hydrogen) atoms. The molecule has 0 saturated carbocycles. The van der Waals surface area contributed by atoms with Crippen LogP contribution in [0, 0.1) is 15.9 Å². The summed E-state index contributed by atoms with van der Waals surface area (Å²) in [4.78, 5) is 27.3.